The summed E-state index contributed by atoms with van der Waals surface area (Å²) in [6, 6.07) is 10.0. The van der Waals surface area contributed by atoms with E-state index in [9.17, 15) is 0 Å². The Balaban J connectivity index is 1.60. The molecule has 1 unspecified atom stereocenters. The highest BCUT2D eigenvalue weighted by molar-refractivity contribution is 5.22. The Morgan fingerprint density at radius 3 is 2.40 bits per heavy atom. The maximum atomic E-state index is 3.21. The summed E-state index contributed by atoms with van der Waals surface area (Å²) in [6.07, 6.45) is 8.72. The Kier molecular flexibility index (Phi) is 4.74. The number of likely N-dealkylation sites (tertiary alicyclic amines) is 1. The molecule has 0 amide bonds. The van der Waals surface area contributed by atoms with E-state index in [4.69, 9.17) is 0 Å². The van der Waals surface area contributed by atoms with E-state index < -0.39 is 0 Å². The molecule has 2 heteroatoms. The van der Waals surface area contributed by atoms with Crippen molar-refractivity contribution in [3.8, 4) is 0 Å². The predicted octanol–water partition coefficient (Wildman–Crippen LogP) is 3.56. The van der Waals surface area contributed by atoms with Gasteiger partial charge in [-0.1, -0.05) is 37.1 Å². The van der Waals surface area contributed by atoms with Crippen LogP contribution in [0.3, 0.4) is 0 Å². The first-order valence-electron chi connectivity index (χ1n) is 8.33. The van der Waals surface area contributed by atoms with Crippen LogP contribution >= 0.6 is 0 Å². The van der Waals surface area contributed by atoms with Crippen LogP contribution in [0.1, 0.15) is 49.7 Å². The van der Waals surface area contributed by atoms with E-state index in [1.165, 1.54) is 56.2 Å². The maximum absolute atomic E-state index is 3.21. The van der Waals surface area contributed by atoms with Crippen molar-refractivity contribution >= 4 is 0 Å². The third-order valence-electron chi connectivity index (χ3n) is 5.15. The van der Waals surface area contributed by atoms with Crippen molar-refractivity contribution in [2.24, 2.45) is 5.92 Å². The quantitative estimate of drug-likeness (QED) is 0.881. The molecule has 1 aromatic carbocycles. The highest BCUT2D eigenvalue weighted by Crippen LogP contribution is 2.36. The first-order valence-corrected chi connectivity index (χ1v) is 8.33. The van der Waals surface area contributed by atoms with E-state index in [1.54, 1.807) is 0 Å². The average molecular weight is 272 g/mol. The van der Waals surface area contributed by atoms with Gasteiger partial charge in [-0.3, -0.25) is 4.90 Å². The largest absolute Gasteiger partial charge is 0.316 e. The zero-order valence-corrected chi connectivity index (χ0v) is 12.8. The Morgan fingerprint density at radius 2 is 1.70 bits per heavy atom. The average Bonchev–Trinajstić information content (AvgIpc) is 3.12. The fraction of sp³-hybridized carbons (Fsp3) is 0.667. The molecule has 1 saturated carbocycles. The van der Waals surface area contributed by atoms with Crippen molar-refractivity contribution in [1.82, 2.24) is 10.2 Å². The van der Waals surface area contributed by atoms with Crippen LogP contribution in [0.15, 0.2) is 24.3 Å². The van der Waals surface area contributed by atoms with Crippen LogP contribution in [0, 0.1) is 5.92 Å². The third-order valence-corrected chi connectivity index (χ3v) is 5.15. The van der Waals surface area contributed by atoms with Gasteiger partial charge in [-0.15, -0.1) is 0 Å². The van der Waals surface area contributed by atoms with Gasteiger partial charge in [-0.05, 0) is 56.3 Å². The fourth-order valence-corrected chi connectivity index (χ4v) is 4.13. The molecule has 1 aliphatic carbocycles. The summed E-state index contributed by atoms with van der Waals surface area (Å²) in [5, 5.41) is 3.21. The van der Waals surface area contributed by atoms with Crippen molar-refractivity contribution in [1.29, 1.82) is 0 Å². The third kappa shape index (κ3) is 3.24. The van der Waals surface area contributed by atoms with E-state index >= 15 is 0 Å². The summed E-state index contributed by atoms with van der Waals surface area (Å²) in [5.41, 5.74) is 2.86. The van der Waals surface area contributed by atoms with Crippen LogP contribution in [0.5, 0.6) is 0 Å². The van der Waals surface area contributed by atoms with Gasteiger partial charge in [0.2, 0.25) is 0 Å². The number of hydrogen-bond donors (Lipinski definition) is 1. The topological polar surface area (TPSA) is 15.3 Å². The zero-order chi connectivity index (χ0) is 13.8. The van der Waals surface area contributed by atoms with E-state index in [1.807, 2.05) is 7.05 Å². The molecular formula is C18H28N2. The SMILES string of the molecule is CNCc1ccc(CN2CCCC2C2CCCC2)cc1. The molecule has 2 aliphatic rings. The molecule has 2 nitrogen and oxygen atoms in total. The van der Waals surface area contributed by atoms with Gasteiger partial charge in [-0.25, -0.2) is 0 Å². The molecule has 3 rings (SSSR count). The summed E-state index contributed by atoms with van der Waals surface area (Å²) < 4.78 is 0. The van der Waals surface area contributed by atoms with Crippen molar-refractivity contribution < 1.29 is 0 Å². The first kappa shape index (κ1) is 14.1. The van der Waals surface area contributed by atoms with E-state index in [0.29, 0.717) is 0 Å². The Labute approximate surface area is 123 Å². The lowest BCUT2D eigenvalue weighted by molar-refractivity contribution is 0.183. The van der Waals surface area contributed by atoms with E-state index in [-0.39, 0.29) is 0 Å². The molecule has 1 N–H and O–H groups in total. The van der Waals surface area contributed by atoms with Crippen LogP contribution in [0.2, 0.25) is 0 Å². The van der Waals surface area contributed by atoms with Crippen LogP contribution in [0.25, 0.3) is 0 Å². The van der Waals surface area contributed by atoms with Crippen molar-refractivity contribution in [3.05, 3.63) is 35.4 Å². The zero-order valence-electron chi connectivity index (χ0n) is 12.8. The number of benzene rings is 1. The molecule has 0 radical (unpaired) electrons. The normalized spacial score (nSPS) is 24.6. The van der Waals surface area contributed by atoms with Crippen molar-refractivity contribution in [2.45, 2.75) is 57.7 Å². The Hall–Kier alpha value is -0.860. The van der Waals surface area contributed by atoms with E-state index in [0.717, 1.165) is 25.0 Å². The lowest BCUT2D eigenvalue weighted by atomic mass is 9.95. The van der Waals surface area contributed by atoms with Gasteiger partial charge in [0.15, 0.2) is 0 Å². The molecule has 110 valence electrons. The lowest BCUT2D eigenvalue weighted by Gasteiger charge is -2.29. The molecule has 0 bridgehead atoms. The minimum atomic E-state index is 0.870. The highest BCUT2D eigenvalue weighted by atomic mass is 15.2. The molecule has 1 atom stereocenters. The lowest BCUT2D eigenvalue weighted by Crippen LogP contribution is -2.34. The molecule has 1 saturated heterocycles. The standard InChI is InChI=1S/C18H28N2/c1-19-13-15-8-10-16(11-9-15)14-20-12-4-7-18(20)17-5-2-3-6-17/h8-11,17-19H,2-7,12-14H2,1H3. The number of hydrogen-bond acceptors (Lipinski definition) is 2. The van der Waals surface area contributed by atoms with Crippen LogP contribution < -0.4 is 5.32 Å². The molecule has 20 heavy (non-hydrogen) atoms. The van der Waals surface area contributed by atoms with Gasteiger partial charge in [0.25, 0.3) is 0 Å². The molecule has 1 aliphatic heterocycles. The molecule has 2 fully saturated rings. The van der Waals surface area contributed by atoms with Gasteiger partial charge in [-0.2, -0.15) is 0 Å². The Morgan fingerprint density at radius 1 is 1.00 bits per heavy atom. The smallest absolute Gasteiger partial charge is 0.0236 e. The number of nitrogens with one attached hydrogen (secondary N) is 1. The highest BCUT2D eigenvalue weighted by Gasteiger charge is 2.32. The fourth-order valence-electron chi connectivity index (χ4n) is 4.13. The molecule has 0 spiro atoms. The van der Waals surface area contributed by atoms with Crippen LogP contribution in [-0.4, -0.2) is 24.5 Å². The molecule has 1 aromatic rings. The van der Waals surface area contributed by atoms with Gasteiger partial charge in [0.1, 0.15) is 0 Å². The minimum absolute atomic E-state index is 0.870. The minimum Gasteiger partial charge on any atom is -0.316 e. The molecular weight excluding hydrogens is 244 g/mol. The second-order valence-electron chi connectivity index (χ2n) is 6.57. The predicted molar refractivity (Wildman–Crippen MR) is 84.6 cm³/mol. The second-order valence-corrected chi connectivity index (χ2v) is 6.57. The van der Waals surface area contributed by atoms with Gasteiger partial charge < -0.3 is 5.32 Å². The summed E-state index contributed by atoms with van der Waals surface area (Å²) in [6.45, 7) is 3.43. The van der Waals surface area contributed by atoms with E-state index in [2.05, 4.69) is 34.5 Å². The monoisotopic (exact) mass is 272 g/mol. The van der Waals surface area contributed by atoms with Gasteiger partial charge >= 0.3 is 0 Å². The Bertz CT molecular complexity index is 406. The van der Waals surface area contributed by atoms with Gasteiger partial charge in [0.05, 0.1) is 0 Å². The summed E-state index contributed by atoms with van der Waals surface area (Å²) in [7, 11) is 2.00. The van der Waals surface area contributed by atoms with Crippen molar-refractivity contribution in [2.75, 3.05) is 13.6 Å². The summed E-state index contributed by atoms with van der Waals surface area (Å²) in [5.74, 6) is 0.987. The van der Waals surface area contributed by atoms with Crippen LogP contribution in [-0.2, 0) is 13.1 Å². The first-order chi connectivity index (χ1) is 9.86. The molecule has 0 aromatic heterocycles. The molecule has 1 heterocycles. The summed E-state index contributed by atoms with van der Waals surface area (Å²) >= 11 is 0. The maximum Gasteiger partial charge on any atom is 0.0236 e. The number of rotatable bonds is 5. The number of nitrogens with zero attached hydrogens (tertiary/aromatic N) is 1. The summed E-state index contributed by atoms with van der Waals surface area (Å²) in [4.78, 5) is 2.75. The second kappa shape index (κ2) is 6.73. The van der Waals surface area contributed by atoms with Crippen LogP contribution in [0.4, 0.5) is 0 Å². The van der Waals surface area contributed by atoms with Gasteiger partial charge in [0, 0.05) is 19.1 Å². The van der Waals surface area contributed by atoms with Crippen molar-refractivity contribution in [3.63, 3.8) is 0 Å².